The third-order valence-corrected chi connectivity index (χ3v) is 6.12. The lowest BCUT2D eigenvalue weighted by Crippen LogP contribution is -2.34. The van der Waals surface area contributed by atoms with E-state index < -0.39 is 11.4 Å². The molecule has 1 saturated heterocycles. The van der Waals surface area contributed by atoms with Gasteiger partial charge in [0.2, 0.25) is 17.3 Å². The minimum Gasteiger partial charge on any atom is -0.477 e. The van der Waals surface area contributed by atoms with Crippen LogP contribution < -0.4 is 15.1 Å². The van der Waals surface area contributed by atoms with Crippen LogP contribution in [0.1, 0.15) is 23.2 Å². The molecule has 10 heteroatoms. The minimum absolute atomic E-state index is 0.0587. The summed E-state index contributed by atoms with van der Waals surface area (Å²) in [5.74, 6) is -0.530. The number of pyridine rings is 2. The van der Waals surface area contributed by atoms with Crippen molar-refractivity contribution < 1.29 is 14.6 Å². The molecule has 4 aromatic rings. The van der Waals surface area contributed by atoms with Gasteiger partial charge < -0.3 is 14.7 Å². The van der Waals surface area contributed by atoms with Gasteiger partial charge in [-0.1, -0.05) is 17.7 Å². The number of aromatic carboxylic acids is 1. The quantitative estimate of drug-likeness (QED) is 0.448. The smallest absolute Gasteiger partial charge is 0.341 e. The number of carboxylic acid groups (broad SMARTS) is 1. The lowest BCUT2D eigenvalue weighted by atomic mass is 10.1. The summed E-state index contributed by atoms with van der Waals surface area (Å²) in [5.41, 5.74) is 0.205. The van der Waals surface area contributed by atoms with Crippen molar-refractivity contribution in [1.82, 2.24) is 19.5 Å². The van der Waals surface area contributed by atoms with E-state index in [2.05, 4.69) is 19.9 Å². The molecular formula is C24H20ClN5O4. The van der Waals surface area contributed by atoms with Gasteiger partial charge in [0.05, 0.1) is 22.3 Å². The minimum atomic E-state index is -1.33. The second-order valence-electron chi connectivity index (χ2n) is 7.89. The van der Waals surface area contributed by atoms with Crippen molar-refractivity contribution in [3.8, 4) is 11.8 Å². The zero-order valence-electron chi connectivity index (χ0n) is 18.0. The van der Waals surface area contributed by atoms with E-state index in [0.29, 0.717) is 23.0 Å². The van der Waals surface area contributed by atoms with E-state index in [1.54, 1.807) is 36.8 Å². The van der Waals surface area contributed by atoms with Crippen molar-refractivity contribution in [1.29, 1.82) is 0 Å². The second-order valence-corrected chi connectivity index (χ2v) is 8.29. The Labute approximate surface area is 199 Å². The van der Waals surface area contributed by atoms with Crippen molar-refractivity contribution in [3.63, 3.8) is 0 Å². The first-order valence-electron chi connectivity index (χ1n) is 10.7. The van der Waals surface area contributed by atoms with Crippen LogP contribution in [0.2, 0.25) is 5.02 Å². The summed E-state index contributed by atoms with van der Waals surface area (Å²) in [7, 11) is 0. The molecule has 34 heavy (non-hydrogen) atoms. The van der Waals surface area contributed by atoms with E-state index in [1.165, 1.54) is 16.8 Å². The van der Waals surface area contributed by atoms with Gasteiger partial charge in [0.15, 0.2) is 0 Å². The molecule has 0 saturated carbocycles. The van der Waals surface area contributed by atoms with E-state index in [-0.39, 0.29) is 22.9 Å². The molecule has 1 aromatic carbocycles. The molecule has 0 spiro atoms. The van der Waals surface area contributed by atoms with Gasteiger partial charge in [-0.15, -0.1) is 0 Å². The maximum Gasteiger partial charge on any atom is 0.341 e. The third kappa shape index (κ3) is 4.06. The molecule has 1 aliphatic rings. The summed E-state index contributed by atoms with van der Waals surface area (Å²) in [6, 6.07) is 10.5. The van der Waals surface area contributed by atoms with Crippen LogP contribution in [0.5, 0.6) is 5.88 Å². The number of hydrogen-bond donors (Lipinski definition) is 1. The fourth-order valence-electron chi connectivity index (χ4n) is 4.23. The monoisotopic (exact) mass is 477 g/mol. The van der Waals surface area contributed by atoms with Gasteiger partial charge in [0, 0.05) is 42.8 Å². The topological polar surface area (TPSA) is 110 Å². The first-order chi connectivity index (χ1) is 16.5. The number of benzene rings is 1. The van der Waals surface area contributed by atoms with Crippen LogP contribution in [0.25, 0.3) is 16.9 Å². The highest BCUT2D eigenvalue weighted by Crippen LogP contribution is 2.35. The standard InChI is InChI=1S/C24H20ClN5O4/c25-18-11-16-19(30(24-27-8-4-9-28-24)13-17(22(16)31)23(32)33)12-20(18)29-10-3-5-15(29)14-34-21-6-1-2-7-26-21/h1-2,4,6-9,11-13,15H,3,5,10,14H2,(H,32,33)/t15-/m1/s1. The van der Waals surface area contributed by atoms with Crippen molar-refractivity contribution in [2.24, 2.45) is 0 Å². The summed E-state index contributed by atoms with van der Waals surface area (Å²) in [6.45, 7) is 1.19. The fourth-order valence-corrected chi connectivity index (χ4v) is 4.50. The zero-order valence-corrected chi connectivity index (χ0v) is 18.7. The number of carboxylic acids is 1. The highest BCUT2D eigenvalue weighted by molar-refractivity contribution is 6.34. The van der Waals surface area contributed by atoms with Crippen molar-refractivity contribution >= 4 is 34.2 Å². The average molecular weight is 478 g/mol. The molecule has 4 heterocycles. The Kier molecular flexibility index (Phi) is 5.85. The van der Waals surface area contributed by atoms with E-state index in [1.807, 2.05) is 12.1 Å². The fraction of sp³-hybridized carbons (Fsp3) is 0.208. The lowest BCUT2D eigenvalue weighted by molar-refractivity contribution is 0.0695. The first kappa shape index (κ1) is 21.8. The SMILES string of the molecule is O=C(O)c1cn(-c2ncccn2)c2cc(N3CCC[C@@H]3COc3ccccn3)c(Cl)cc2c1=O. The number of anilines is 1. The number of ether oxygens (including phenoxy) is 1. The molecule has 1 N–H and O–H groups in total. The van der Waals surface area contributed by atoms with Crippen LogP contribution in [0, 0.1) is 0 Å². The Hall–Kier alpha value is -3.98. The summed E-state index contributed by atoms with van der Waals surface area (Å²) in [4.78, 5) is 39.5. The Bertz CT molecular complexity index is 1410. The number of rotatable bonds is 6. The number of aromatic nitrogens is 4. The van der Waals surface area contributed by atoms with Gasteiger partial charge in [-0.05, 0) is 37.1 Å². The molecule has 0 amide bonds. The Morgan fingerprint density at radius 1 is 1.15 bits per heavy atom. The van der Waals surface area contributed by atoms with Gasteiger partial charge in [0.1, 0.15) is 12.2 Å². The molecule has 3 aromatic heterocycles. The number of hydrogen-bond acceptors (Lipinski definition) is 7. The van der Waals surface area contributed by atoms with Crippen molar-refractivity contribution in [3.05, 3.63) is 82.0 Å². The largest absolute Gasteiger partial charge is 0.477 e. The molecule has 9 nitrogen and oxygen atoms in total. The maximum atomic E-state index is 12.9. The van der Waals surface area contributed by atoms with Crippen LogP contribution in [0.4, 0.5) is 5.69 Å². The van der Waals surface area contributed by atoms with Gasteiger partial charge in [-0.2, -0.15) is 0 Å². The predicted molar refractivity (Wildman–Crippen MR) is 127 cm³/mol. The van der Waals surface area contributed by atoms with Crippen LogP contribution >= 0.6 is 11.6 Å². The molecule has 0 bridgehead atoms. The predicted octanol–water partition coefficient (Wildman–Crippen LogP) is 3.58. The van der Waals surface area contributed by atoms with Crippen LogP contribution in [0.15, 0.2) is 66.0 Å². The molecule has 0 unspecified atom stereocenters. The molecular weight excluding hydrogens is 458 g/mol. The first-order valence-corrected chi connectivity index (χ1v) is 11.1. The van der Waals surface area contributed by atoms with E-state index in [9.17, 15) is 14.7 Å². The Morgan fingerprint density at radius 2 is 1.94 bits per heavy atom. The summed E-state index contributed by atoms with van der Waals surface area (Å²) >= 11 is 6.65. The summed E-state index contributed by atoms with van der Waals surface area (Å²) < 4.78 is 7.40. The molecule has 172 valence electrons. The number of nitrogens with zero attached hydrogens (tertiary/aromatic N) is 5. The number of carbonyl (C=O) groups is 1. The van der Waals surface area contributed by atoms with E-state index in [4.69, 9.17) is 16.3 Å². The highest BCUT2D eigenvalue weighted by Gasteiger charge is 2.28. The second kappa shape index (κ2) is 9.11. The Morgan fingerprint density at radius 3 is 2.68 bits per heavy atom. The third-order valence-electron chi connectivity index (χ3n) is 5.82. The van der Waals surface area contributed by atoms with Gasteiger partial charge in [0.25, 0.3) is 0 Å². The number of halogens is 1. The summed E-state index contributed by atoms with van der Waals surface area (Å²) in [5, 5.41) is 10.1. The normalized spacial score (nSPS) is 15.6. The average Bonchev–Trinajstić information content (AvgIpc) is 3.32. The van der Waals surface area contributed by atoms with E-state index >= 15 is 0 Å². The zero-order chi connectivity index (χ0) is 23.7. The van der Waals surface area contributed by atoms with Crippen molar-refractivity contribution in [2.75, 3.05) is 18.1 Å². The molecule has 5 rings (SSSR count). The van der Waals surface area contributed by atoms with Crippen LogP contribution in [0.3, 0.4) is 0 Å². The van der Waals surface area contributed by atoms with Gasteiger partial charge >= 0.3 is 5.97 Å². The van der Waals surface area contributed by atoms with Gasteiger partial charge in [-0.25, -0.2) is 19.7 Å². The molecule has 1 aliphatic heterocycles. The molecule has 1 atom stereocenters. The molecule has 0 radical (unpaired) electrons. The molecule has 0 aliphatic carbocycles. The lowest BCUT2D eigenvalue weighted by Gasteiger charge is -2.28. The Balaban J connectivity index is 1.59. The van der Waals surface area contributed by atoms with Crippen LogP contribution in [-0.2, 0) is 0 Å². The summed E-state index contributed by atoms with van der Waals surface area (Å²) in [6.07, 6.45) is 7.90. The van der Waals surface area contributed by atoms with E-state index in [0.717, 1.165) is 25.1 Å². The molecule has 1 fully saturated rings. The highest BCUT2D eigenvalue weighted by atomic mass is 35.5. The maximum absolute atomic E-state index is 12.9. The van der Waals surface area contributed by atoms with Crippen LogP contribution in [-0.4, -0.2) is 49.8 Å². The van der Waals surface area contributed by atoms with Crippen molar-refractivity contribution in [2.45, 2.75) is 18.9 Å². The number of fused-ring (bicyclic) bond motifs is 1. The van der Waals surface area contributed by atoms with Gasteiger partial charge in [-0.3, -0.25) is 9.36 Å².